The zero-order chi connectivity index (χ0) is 34.7. The first kappa shape index (κ1) is 38.6. The second kappa shape index (κ2) is 20.5. The van der Waals surface area contributed by atoms with Gasteiger partial charge in [-0.15, -0.1) is 3.89 Å². The van der Waals surface area contributed by atoms with Gasteiger partial charge in [-0.1, -0.05) is 5.11 Å². The Balaban J connectivity index is 1.84. The van der Waals surface area contributed by atoms with Crippen molar-refractivity contribution in [2.24, 2.45) is 5.11 Å². The van der Waals surface area contributed by atoms with Crippen molar-refractivity contribution in [2.75, 3.05) is 58.0 Å². The molecule has 0 fully saturated rings. The van der Waals surface area contributed by atoms with Gasteiger partial charge in [0, 0.05) is 35.4 Å². The molecule has 0 aliphatic heterocycles. The number of ether oxygens (including phenoxy) is 3. The molecule has 0 spiro atoms. The van der Waals surface area contributed by atoms with Gasteiger partial charge in [0.1, 0.15) is 19.2 Å². The minimum atomic E-state index is -4.92. The molecule has 18 nitrogen and oxygen atoms in total. The second-order valence-corrected chi connectivity index (χ2v) is 11.2. The van der Waals surface area contributed by atoms with Gasteiger partial charge in [0.15, 0.2) is 0 Å². The maximum atomic E-state index is 13.2. The molecule has 1 aromatic heterocycles. The quantitative estimate of drug-likeness (QED) is 0.0433. The van der Waals surface area contributed by atoms with Crippen LogP contribution in [0.4, 0.5) is 9.57 Å². The number of nitrogens with zero attached hydrogens (tertiary/aromatic N) is 4. The van der Waals surface area contributed by atoms with Crippen LogP contribution in [0.1, 0.15) is 24.8 Å². The topological polar surface area (TPSA) is 253 Å². The van der Waals surface area contributed by atoms with Gasteiger partial charge in [-0.25, -0.2) is 4.79 Å². The minimum absolute atomic E-state index is 0.0806. The molecule has 0 unspecified atom stereocenters. The number of amides is 3. The molecule has 1 atom stereocenters. The van der Waals surface area contributed by atoms with Crippen molar-refractivity contribution < 1.29 is 40.9 Å². The highest BCUT2D eigenvalue weighted by Crippen LogP contribution is 2.16. The van der Waals surface area contributed by atoms with Gasteiger partial charge in [-0.2, -0.15) is 8.42 Å². The predicted octanol–water partition coefficient (Wildman–Crippen LogP) is 0.273. The summed E-state index contributed by atoms with van der Waals surface area (Å²) >= 11 is 0. The number of benzene rings is 1. The van der Waals surface area contributed by atoms with Gasteiger partial charge < -0.3 is 30.2 Å². The van der Waals surface area contributed by atoms with E-state index >= 15 is 0 Å². The lowest BCUT2D eigenvalue weighted by Gasteiger charge is -2.19. The number of H-pyrrole nitrogens is 1. The summed E-state index contributed by atoms with van der Waals surface area (Å²) in [4.78, 5) is 65.3. The molecule has 20 heteroatoms. The zero-order valence-electron chi connectivity index (χ0n) is 25.6. The monoisotopic (exact) mass is 684 g/mol. The molecule has 0 bridgehead atoms. The number of hydrogen-bond donors (Lipinski definition) is 4. The van der Waals surface area contributed by atoms with Crippen molar-refractivity contribution in [3.05, 3.63) is 67.3 Å². The van der Waals surface area contributed by atoms with Crippen LogP contribution in [0.5, 0.6) is 0 Å². The maximum absolute atomic E-state index is 13.2. The summed E-state index contributed by atoms with van der Waals surface area (Å²) in [6.07, 6.45) is 2.19. The highest BCUT2D eigenvalue weighted by Gasteiger charge is 2.21. The highest BCUT2D eigenvalue weighted by atomic mass is 32.3. The van der Waals surface area contributed by atoms with Gasteiger partial charge in [-0.05, 0) is 56.0 Å². The van der Waals surface area contributed by atoms with E-state index in [0.29, 0.717) is 12.8 Å². The van der Waals surface area contributed by atoms with Crippen molar-refractivity contribution in [3.63, 3.8) is 0 Å². The Morgan fingerprint density at radius 3 is 2.34 bits per heavy atom. The van der Waals surface area contributed by atoms with Crippen LogP contribution in [-0.2, 0) is 45.4 Å². The summed E-state index contributed by atoms with van der Waals surface area (Å²) in [5.41, 5.74) is 7.36. The Labute approximate surface area is 268 Å². The average molecular weight is 685 g/mol. The van der Waals surface area contributed by atoms with E-state index in [9.17, 15) is 36.3 Å². The van der Waals surface area contributed by atoms with E-state index in [1.807, 2.05) is 0 Å². The third kappa shape index (κ3) is 15.5. The Bertz CT molecular complexity index is 1610. The maximum Gasteiger partial charge on any atom is 0.332 e. The van der Waals surface area contributed by atoms with Crippen LogP contribution in [0.3, 0.4) is 0 Å². The second-order valence-electron chi connectivity index (χ2n) is 9.85. The lowest BCUT2D eigenvalue weighted by molar-refractivity contribution is -0.130. The molecule has 2 aromatic rings. The summed E-state index contributed by atoms with van der Waals surface area (Å²) in [7, 11) is -4.92. The number of anilines is 1. The van der Waals surface area contributed by atoms with E-state index in [4.69, 9.17) is 19.7 Å². The summed E-state index contributed by atoms with van der Waals surface area (Å²) in [5, 5.41) is 11.1. The van der Waals surface area contributed by atoms with Crippen molar-refractivity contribution in [3.8, 4) is 0 Å². The molecular formula is C27H37FN8O10S. The lowest BCUT2D eigenvalue weighted by Crippen LogP contribution is -2.45. The van der Waals surface area contributed by atoms with Crippen LogP contribution < -0.4 is 27.2 Å². The SMILES string of the molecule is Cc1cn(CC(=O)NCCCC[C@H](NC(=O)COCCOCCOCCN=[N+]=[N-])C(=O)Nc2ccc(S(=O)(=O)F)cc2)c(=O)[nH]c1=O. The van der Waals surface area contributed by atoms with Crippen LogP contribution in [0, 0.1) is 6.92 Å². The van der Waals surface area contributed by atoms with E-state index < -0.39 is 50.1 Å². The number of azide groups is 1. The van der Waals surface area contributed by atoms with Crippen LogP contribution in [-0.4, -0.2) is 94.5 Å². The van der Waals surface area contributed by atoms with Crippen LogP contribution in [0.2, 0.25) is 0 Å². The van der Waals surface area contributed by atoms with Crippen LogP contribution >= 0.6 is 0 Å². The van der Waals surface area contributed by atoms with Crippen molar-refractivity contribution in [1.29, 1.82) is 0 Å². The molecule has 3 amide bonds. The van der Waals surface area contributed by atoms with Gasteiger partial charge in [-0.3, -0.25) is 28.7 Å². The van der Waals surface area contributed by atoms with Crippen molar-refractivity contribution in [2.45, 2.75) is 43.7 Å². The molecule has 4 N–H and O–H groups in total. The van der Waals surface area contributed by atoms with E-state index in [1.165, 1.54) is 25.3 Å². The molecule has 0 aliphatic rings. The molecule has 0 aliphatic carbocycles. The van der Waals surface area contributed by atoms with Gasteiger partial charge in [0.2, 0.25) is 17.7 Å². The molecule has 0 saturated carbocycles. The molecule has 47 heavy (non-hydrogen) atoms. The van der Waals surface area contributed by atoms with Gasteiger partial charge >= 0.3 is 15.9 Å². The Morgan fingerprint density at radius 1 is 1.02 bits per heavy atom. The number of carbonyl (C=O) groups excluding carboxylic acids is 3. The number of carbonyl (C=O) groups is 3. The number of nitrogens with one attached hydrogen (secondary N) is 4. The van der Waals surface area contributed by atoms with E-state index in [0.717, 1.165) is 16.7 Å². The minimum Gasteiger partial charge on any atom is -0.379 e. The fraction of sp³-hybridized carbons (Fsp3) is 0.519. The number of rotatable bonds is 22. The standard InChI is InChI=1S/C27H37FN8O10S/c1-19-16-36(27(41)34-25(19)39)17-23(37)30-9-3-2-4-22(26(40)32-20-5-7-21(8-6-20)47(28,42)43)33-24(38)18-46-15-14-45-13-12-44-11-10-31-35-29/h5-8,16,22H,2-4,9-15,17-18H2,1H3,(H,30,37)(H,32,40)(H,33,38)(H,34,39,41)/t22-/m0/s1. The number of aromatic amines is 1. The van der Waals surface area contributed by atoms with E-state index in [2.05, 4.69) is 31.0 Å². The molecule has 0 saturated heterocycles. The predicted molar refractivity (Wildman–Crippen MR) is 165 cm³/mol. The fourth-order valence-corrected chi connectivity index (χ4v) is 4.30. The number of aryl methyl sites for hydroxylation is 1. The third-order valence-corrected chi connectivity index (χ3v) is 7.01. The normalized spacial score (nSPS) is 11.7. The first-order valence-electron chi connectivity index (χ1n) is 14.4. The molecule has 2 rings (SSSR count). The highest BCUT2D eigenvalue weighted by molar-refractivity contribution is 7.86. The molecular weight excluding hydrogens is 647 g/mol. The van der Waals surface area contributed by atoms with Gasteiger partial charge in [0.25, 0.3) is 5.56 Å². The van der Waals surface area contributed by atoms with E-state index in [-0.39, 0.29) is 76.9 Å². The Morgan fingerprint density at radius 2 is 1.68 bits per heavy atom. The Hall–Kier alpha value is -4.62. The Kier molecular flexibility index (Phi) is 16.8. The summed E-state index contributed by atoms with van der Waals surface area (Å²) in [6, 6.07) is 3.31. The fourth-order valence-electron chi connectivity index (χ4n) is 3.84. The number of unbranched alkanes of at least 4 members (excludes halogenated alkanes) is 1. The first-order chi connectivity index (χ1) is 22.4. The van der Waals surface area contributed by atoms with Crippen molar-refractivity contribution in [1.82, 2.24) is 20.2 Å². The average Bonchev–Trinajstić information content (AvgIpc) is 3.01. The largest absolute Gasteiger partial charge is 0.379 e. The number of hydrogen-bond acceptors (Lipinski definition) is 11. The molecule has 1 heterocycles. The molecule has 258 valence electrons. The van der Waals surface area contributed by atoms with Crippen LogP contribution in [0.15, 0.2) is 50.1 Å². The van der Waals surface area contributed by atoms with Crippen LogP contribution in [0.25, 0.3) is 10.4 Å². The van der Waals surface area contributed by atoms with E-state index in [1.54, 1.807) is 0 Å². The third-order valence-electron chi connectivity index (χ3n) is 6.18. The number of aromatic nitrogens is 2. The first-order valence-corrected chi connectivity index (χ1v) is 15.7. The zero-order valence-corrected chi connectivity index (χ0v) is 26.4. The smallest absolute Gasteiger partial charge is 0.332 e. The number of halogens is 1. The van der Waals surface area contributed by atoms with Gasteiger partial charge in [0.05, 0.1) is 37.9 Å². The summed E-state index contributed by atoms with van der Waals surface area (Å²) in [6.45, 7) is 2.28. The summed E-state index contributed by atoms with van der Waals surface area (Å²) < 4.78 is 52.2. The lowest BCUT2D eigenvalue weighted by atomic mass is 10.1. The van der Waals surface area contributed by atoms with Crippen molar-refractivity contribution >= 4 is 33.6 Å². The molecule has 1 aromatic carbocycles. The summed E-state index contributed by atoms with van der Waals surface area (Å²) in [5.74, 6) is -1.70. The molecule has 0 radical (unpaired) electrons.